The van der Waals surface area contributed by atoms with Gasteiger partial charge in [-0.3, -0.25) is 4.90 Å². The van der Waals surface area contributed by atoms with Crippen molar-refractivity contribution in [3.8, 4) is 0 Å². The van der Waals surface area contributed by atoms with E-state index in [2.05, 4.69) is 31.0 Å². The Morgan fingerprint density at radius 2 is 2.00 bits per heavy atom. The smallest absolute Gasteiger partial charge is 0.0334 e. The molecule has 0 aromatic rings. The highest BCUT2D eigenvalue weighted by Crippen LogP contribution is 2.37. The van der Waals surface area contributed by atoms with Crippen molar-refractivity contribution in [2.24, 2.45) is 5.92 Å². The van der Waals surface area contributed by atoms with Gasteiger partial charge in [0.1, 0.15) is 0 Å². The first-order chi connectivity index (χ1) is 8.70. The molecule has 1 spiro atoms. The van der Waals surface area contributed by atoms with E-state index in [0.717, 1.165) is 12.0 Å². The molecule has 2 aliphatic rings. The molecule has 1 saturated carbocycles. The fraction of sp³-hybridized carbons (Fsp3) is 1.00. The van der Waals surface area contributed by atoms with E-state index < -0.39 is 0 Å². The lowest BCUT2D eigenvalue weighted by Crippen LogP contribution is -2.64. The maximum Gasteiger partial charge on any atom is 0.0334 e. The maximum absolute atomic E-state index is 3.83. The van der Waals surface area contributed by atoms with Crippen LogP contribution >= 0.6 is 0 Å². The van der Waals surface area contributed by atoms with Gasteiger partial charge in [0.05, 0.1) is 0 Å². The summed E-state index contributed by atoms with van der Waals surface area (Å²) in [5, 5.41) is 3.83. The highest BCUT2D eigenvalue weighted by atomic mass is 15.3. The molecule has 0 radical (unpaired) electrons. The Morgan fingerprint density at radius 3 is 2.61 bits per heavy atom. The molecular formula is C16H32N2. The largest absolute Gasteiger partial charge is 0.311 e. The zero-order valence-corrected chi connectivity index (χ0v) is 12.7. The average Bonchev–Trinajstić information content (AvgIpc) is 2.83. The normalized spacial score (nSPS) is 29.8. The third-order valence-electron chi connectivity index (χ3n) is 5.23. The van der Waals surface area contributed by atoms with E-state index in [0.29, 0.717) is 5.54 Å². The summed E-state index contributed by atoms with van der Waals surface area (Å²) in [4.78, 5) is 2.87. The minimum atomic E-state index is 0.521. The van der Waals surface area contributed by atoms with Crippen LogP contribution < -0.4 is 5.32 Å². The number of rotatable bonds is 5. The van der Waals surface area contributed by atoms with Crippen molar-refractivity contribution < 1.29 is 0 Å². The molecule has 0 bridgehead atoms. The summed E-state index contributed by atoms with van der Waals surface area (Å²) in [5.74, 6) is 0.850. The van der Waals surface area contributed by atoms with Crippen LogP contribution in [0.1, 0.15) is 65.7 Å². The van der Waals surface area contributed by atoms with Gasteiger partial charge in [-0.15, -0.1) is 0 Å². The molecule has 1 saturated heterocycles. The predicted molar refractivity (Wildman–Crippen MR) is 78.9 cm³/mol. The van der Waals surface area contributed by atoms with E-state index >= 15 is 0 Å². The summed E-state index contributed by atoms with van der Waals surface area (Å²) in [7, 11) is 0. The second kappa shape index (κ2) is 6.38. The van der Waals surface area contributed by atoms with E-state index in [-0.39, 0.29) is 0 Å². The Morgan fingerprint density at radius 1 is 1.28 bits per heavy atom. The zero-order chi connectivity index (χ0) is 13.0. The Kier molecular flexibility index (Phi) is 5.08. The number of hydrogen-bond donors (Lipinski definition) is 1. The Balaban J connectivity index is 2.01. The number of nitrogens with one attached hydrogen (secondary N) is 1. The SMILES string of the molecule is CCCC1CN(CC(C)CC)C2(CCCC2)CN1. The topological polar surface area (TPSA) is 15.3 Å². The van der Waals surface area contributed by atoms with Crippen molar-refractivity contribution in [1.29, 1.82) is 0 Å². The molecule has 0 aromatic heterocycles. The molecule has 1 aliphatic carbocycles. The molecule has 1 heterocycles. The molecule has 1 aliphatic heterocycles. The summed E-state index contributed by atoms with van der Waals surface area (Å²) in [6, 6.07) is 0.741. The third-order valence-corrected chi connectivity index (χ3v) is 5.23. The van der Waals surface area contributed by atoms with Gasteiger partial charge < -0.3 is 5.32 Å². The van der Waals surface area contributed by atoms with Crippen molar-refractivity contribution in [2.45, 2.75) is 77.3 Å². The standard InChI is InChI=1S/C16H32N2/c1-4-8-15-12-18(11-14(3)5-2)16(13-17-15)9-6-7-10-16/h14-15,17H,4-13H2,1-3H3. The van der Waals surface area contributed by atoms with Crippen LogP contribution in [0.3, 0.4) is 0 Å². The zero-order valence-electron chi connectivity index (χ0n) is 12.7. The van der Waals surface area contributed by atoms with Crippen LogP contribution in [0.15, 0.2) is 0 Å². The number of nitrogens with zero attached hydrogens (tertiary/aromatic N) is 1. The minimum absolute atomic E-state index is 0.521. The van der Waals surface area contributed by atoms with E-state index in [4.69, 9.17) is 0 Å². The molecule has 0 aromatic carbocycles. The van der Waals surface area contributed by atoms with Crippen LogP contribution in [0.25, 0.3) is 0 Å². The first-order valence-electron chi connectivity index (χ1n) is 8.18. The summed E-state index contributed by atoms with van der Waals surface area (Å²) < 4.78 is 0. The van der Waals surface area contributed by atoms with Crippen LogP contribution in [-0.2, 0) is 0 Å². The lowest BCUT2D eigenvalue weighted by atomic mass is 9.88. The fourth-order valence-corrected chi connectivity index (χ4v) is 3.81. The highest BCUT2D eigenvalue weighted by molar-refractivity contribution is 5.01. The van der Waals surface area contributed by atoms with Crippen LogP contribution in [0.5, 0.6) is 0 Å². The first-order valence-corrected chi connectivity index (χ1v) is 8.18. The van der Waals surface area contributed by atoms with Crippen molar-refractivity contribution >= 4 is 0 Å². The molecule has 2 rings (SSSR count). The Hall–Kier alpha value is -0.0800. The van der Waals surface area contributed by atoms with Gasteiger partial charge in [-0.1, -0.05) is 46.5 Å². The van der Waals surface area contributed by atoms with Crippen molar-refractivity contribution in [1.82, 2.24) is 10.2 Å². The van der Waals surface area contributed by atoms with Crippen LogP contribution in [0.4, 0.5) is 0 Å². The van der Waals surface area contributed by atoms with Gasteiger partial charge in [0.15, 0.2) is 0 Å². The van der Waals surface area contributed by atoms with Gasteiger partial charge in [0.25, 0.3) is 0 Å². The van der Waals surface area contributed by atoms with Gasteiger partial charge in [-0.05, 0) is 25.2 Å². The van der Waals surface area contributed by atoms with Crippen molar-refractivity contribution in [3.05, 3.63) is 0 Å². The lowest BCUT2D eigenvalue weighted by molar-refractivity contribution is 0.0290. The molecule has 2 heteroatoms. The van der Waals surface area contributed by atoms with Gasteiger partial charge in [0.2, 0.25) is 0 Å². The molecule has 106 valence electrons. The Labute approximate surface area is 114 Å². The molecule has 2 fully saturated rings. The fourth-order valence-electron chi connectivity index (χ4n) is 3.81. The molecule has 2 unspecified atom stereocenters. The second-order valence-electron chi connectivity index (χ2n) is 6.72. The van der Waals surface area contributed by atoms with Crippen LogP contribution in [-0.4, -0.2) is 36.1 Å². The monoisotopic (exact) mass is 252 g/mol. The first kappa shape index (κ1) is 14.3. The summed E-state index contributed by atoms with van der Waals surface area (Å²) in [6.45, 7) is 10.9. The van der Waals surface area contributed by atoms with Crippen LogP contribution in [0, 0.1) is 5.92 Å². The number of hydrogen-bond acceptors (Lipinski definition) is 2. The van der Waals surface area contributed by atoms with E-state index in [1.807, 2.05) is 0 Å². The average molecular weight is 252 g/mol. The third kappa shape index (κ3) is 3.08. The van der Waals surface area contributed by atoms with Gasteiger partial charge in [0, 0.05) is 31.2 Å². The van der Waals surface area contributed by atoms with Gasteiger partial charge >= 0.3 is 0 Å². The van der Waals surface area contributed by atoms with Crippen molar-refractivity contribution in [3.63, 3.8) is 0 Å². The summed E-state index contributed by atoms with van der Waals surface area (Å²) in [6.07, 6.45) is 9.70. The van der Waals surface area contributed by atoms with Crippen molar-refractivity contribution in [2.75, 3.05) is 19.6 Å². The van der Waals surface area contributed by atoms with E-state index in [9.17, 15) is 0 Å². The lowest BCUT2D eigenvalue weighted by Gasteiger charge is -2.49. The molecule has 2 nitrogen and oxygen atoms in total. The Bertz CT molecular complexity index is 245. The molecule has 18 heavy (non-hydrogen) atoms. The summed E-state index contributed by atoms with van der Waals surface area (Å²) >= 11 is 0. The van der Waals surface area contributed by atoms with E-state index in [1.54, 1.807) is 0 Å². The molecular weight excluding hydrogens is 220 g/mol. The quantitative estimate of drug-likeness (QED) is 0.806. The molecule has 2 atom stereocenters. The van der Waals surface area contributed by atoms with Crippen LogP contribution in [0.2, 0.25) is 0 Å². The molecule has 1 N–H and O–H groups in total. The minimum Gasteiger partial charge on any atom is -0.311 e. The number of piperazine rings is 1. The molecule has 0 amide bonds. The summed E-state index contributed by atoms with van der Waals surface area (Å²) in [5.41, 5.74) is 0.521. The van der Waals surface area contributed by atoms with Gasteiger partial charge in [-0.25, -0.2) is 0 Å². The highest BCUT2D eigenvalue weighted by Gasteiger charge is 2.43. The van der Waals surface area contributed by atoms with Gasteiger partial charge in [-0.2, -0.15) is 0 Å². The maximum atomic E-state index is 3.83. The predicted octanol–water partition coefficient (Wildman–Crippen LogP) is 3.42. The van der Waals surface area contributed by atoms with E-state index in [1.165, 1.54) is 64.6 Å². The second-order valence-corrected chi connectivity index (χ2v) is 6.72.